The van der Waals surface area contributed by atoms with E-state index in [2.05, 4.69) is 0 Å². The van der Waals surface area contributed by atoms with Gasteiger partial charge in [-0.05, 0) is 19.1 Å². The Labute approximate surface area is 114 Å². The summed E-state index contributed by atoms with van der Waals surface area (Å²) in [7, 11) is 3.39. The molecule has 1 rings (SSSR count). The highest BCUT2D eigenvalue weighted by molar-refractivity contribution is 5.76. The standard InChI is InChI=1S/C14H22N2O3/c1-11(10-18-3)16(2)14(17)7-8-19-13-6-4-5-12(15)9-13/h4-6,9,11H,7-8,10,15H2,1-3H3. The van der Waals surface area contributed by atoms with Crippen LogP contribution in [0.15, 0.2) is 24.3 Å². The van der Waals surface area contributed by atoms with Crippen LogP contribution in [0.25, 0.3) is 0 Å². The Hall–Kier alpha value is -1.75. The van der Waals surface area contributed by atoms with Crippen LogP contribution in [0.2, 0.25) is 0 Å². The van der Waals surface area contributed by atoms with Crippen molar-refractivity contribution < 1.29 is 14.3 Å². The highest BCUT2D eigenvalue weighted by atomic mass is 16.5. The van der Waals surface area contributed by atoms with Gasteiger partial charge in [0, 0.05) is 25.9 Å². The fourth-order valence-corrected chi connectivity index (χ4v) is 1.64. The predicted molar refractivity (Wildman–Crippen MR) is 75.1 cm³/mol. The number of hydrogen-bond acceptors (Lipinski definition) is 4. The Morgan fingerprint density at radius 2 is 2.21 bits per heavy atom. The monoisotopic (exact) mass is 266 g/mol. The first-order chi connectivity index (χ1) is 9.04. The first kappa shape index (κ1) is 15.3. The fourth-order valence-electron chi connectivity index (χ4n) is 1.64. The second kappa shape index (κ2) is 7.63. The lowest BCUT2D eigenvalue weighted by atomic mass is 10.3. The molecule has 0 radical (unpaired) electrons. The summed E-state index contributed by atoms with van der Waals surface area (Å²) in [5.41, 5.74) is 6.29. The number of carbonyl (C=O) groups is 1. The maximum atomic E-state index is 11.9. The van der Waals surface area contributed by atoms with Gasteiger partial charge in [-0.15, -0.1) is 0 Å². The van der Waals surface area contributed by atoms with E-state index in [1.807, 2.05) is 19.1 Å². The second-order valence-electron chi connectivity index (χ2n) is 4.48. The van der Waals surface area contributed by atoms with Crippen LogP contribution in [-0.4, -0.2) is 44.2 Å². The SMILES string of the molecule is COCC(C)N(C)C(=O)CCOc1cccc(N)c1. The number of hydrogen-bond donors (Lipinski definition) is 1. The molecule has 5 heteroatoms. The number of likely N-dealkylation sites (N-methyl/N-ethyl adjacent to an activating group) is 1. The molecule has 5 nitrogen and oxygen atoms in total. The van der Waals surface area contributed by atoms with E-state index in [1.165, 1.54) is 0 Å². The maximum Gasteiger partial charge on any atom is 0.226 e. The minimum absolute atomic E-state index is 0.0356. The molecule has 0 fully saturated rings. The molecule has 1 aromatic rings. The van der Waals surface area contributed by atoms with Crippen LogP contribution < -0.4 is 10.5 Å². The molecule has 19 heavy (non-hydrogen) atoms. The van der Waals surface area contributed by atoms with Crippen molar-refractivity contribution in [3.63, 3.8) is 0 Å². The number of nitrogen functional groups attached to an aromatic ring is 1. The Kier molecular flexibility index (Phi) is 6.15. The molecule has 0 saturated heterocycles. The van der Waals surface area contributed by atoms with E-state index in [4.69, 9.17) is 15.2 Å². The van der Waals surface area contributed by atoms with Gasteiger partial charge in [-0.2, -0.15) is 0 Å². The number of methoxy groups -OCH3 is 1. The first-order valence-corrected chi connectivity index (χ1v) is 6.27. The van der Waals surface area contributed by atoms with Crippen molar-refractivity contribution in [2.75, 3.05) is 33.1 Å². The van der Waals surface area contributed by atoms with Gasteiger partial charge in [0.2, 0.25) is 5.91 Å². The van der Waals surface area contributed by atoms with E-state index in [1.54, 1.807) is 31.2 Å². The molecular weight excluding hydrogens is 244 g/mol. The van der Waals surface area contributed by atoms with Crippen molar-refractivity contribution in [3.05, 3.63) is 24.3 Å². The van der Waals surface area contributed by atoms with Crippen molar-refractivity contribution in [1.82, 2.24) is 4.90 Å². The van der Waals surface area contributed by atoms with Crippen LogP contribution >= 0.6 is 0 Å². The lowest BCUT2D eigenvalue weighted by Gasteiger charge is -2.24. The molecule has 0 aliphatic heterocycles. The number of rotatable bonds is 7. The van der Waals surface area contributed by atoms with Crippen LogP contribution in [-0.2, 0) is 9.53 Å². The molecule has 0 saturated carbocycles. The first-order valence-electron chi connectivity index (χ1n) is 6.27. The van der Waals surface area contributed by atoms with Crippen LogP contribution in [0, 0.1) is 0 Å². The average Bonchev–Trinajstić information content (AvgIpc) is 2.38. The van der Waals surface area contributed by atoms with E-state index in [0.29, 0.717) is 31.1 Å². The molecule has 0 heterocycles. The average molecular weight is 266 g/mol. The molecule has 0 aliphatic carbocycles. The number of carbonyl (C=O) groups excluding carboxylic acids is 1. The third-order valence-electron chi connectivity index (χ3n) is 2.91. The van der Waals surface area contributed by atoms with E-state index >= 15 is 0 Å². The Balaban J connectivity index is 2.34. The van der Waals surface area contributed by atoms with E-state index in [-0.39, 0.29) is 11.9 Å². The van der Waals surface area contributed by atoms with Gasteiger partial charge in [0.05, 0.1) is 25.7 Å². The molecule has 0 bridgehead atoms. The number of nitrogens with two attached hydrogens (primary N) is 1. The highest BCUT2D eigenvalue weighted by Gasteiger charge is 2.15. The van der Waals surface area contributed by atoms with E-state index in [9.17, 15) is 4.79 Å². The Morgan fingerprint density at radius 1 is 1.47 bits per heavy atom. The van der Waals surface area contributed by atoms with Gasteiger partial charge >= 0.3 is 0 Å². The summed E-state index contributed by atoms with van der Waals surface area (Å²) in [6.07, 6.45) is 0.333. The zero-order chi connectivity index (χ0) is 14.3. The molecule has 1 atom stereocenters. The van der Waals surface area contributed by atoms with Gasteiger partial charge in [-0.25, -0.2) is 0 Å². The van der Waals surface area contributed by atoms with Crippen molar-refractivity contribution in [1.29, 1.82) is 0 Å². The van der Waals surface area contributed by atoms with Crippen molar-refractivity contribution in [2.24, 2.45) is 0 Å². The molecule has 1 amide bonds. The van der Waals surface area contributed by atoms with Gasteiger partial charge in [0.25, 0.3) is 0 Å². The van der Waals surface area contributed by atoms with Gasteiger partial charge < -0.3 is 20.1 Å². The lowest BCUT2D eigenvalue weighted by molar-refractivity contribution is -0.133. The second-order valence-corrected chi connectivity index (χ2v) is 4.48. The summed E-state index contributed by atoms with van der Waals surface area (Å²) >= 11 is 0. The number of benzene rings is 1. The fraction of sp³-hybridized carbons (Fsp3) is 0.500. The highest BCUT2D eigenvalue weighted by Crippen LogP contribution is 2.14. The zero-order valence-electron chi connectivity index (χ0n) is 11.8. The van der Waals surface area contributed by atoms with Gasteiger partial charge in [0.15, 0.2) is 0 Å². The molecule has 1 unspecified atom stereocenters. The van der Waals surface area contributed by atoms with Gasteiger partial charge in [0.1, 0.15) is 5.75 Å². The summed E-state index contributed by atoms with van der Waals surface area (Å²) in [5.74, 6) is 0.717. The molecular formula is C14H22N2O3. The van der Waals surface area contributed by atoms with Crippen molar-refractivity contribution >= 4 is 11.6 Å². The molecule has 0 spiro atoms. The van der Waals surface area contributed by atoms with Crippen LogP contribution in [0.4, 0.5) is 5.69 Å². The minimum Gasteiger partial charge on any atom is -0.493 e. The summed E-state index contributed by atoms with van der Waals surface area (Å²) in [6, 6.07) is 7.22. The topological polar surface area (TPSA) is 64.8 Å². The number of ether oxygens (including phenoxy) is 2. The third-order valence-corrected chi connectivity index (χ3v) is 2.91. The van der Waals surface area contributed by atoms with Crippen molar-refractivity contribution in [3.8, 4) is 5.75 Å². The molecule has 106 valence electrons. The molecule has 0 aliphatic rings. The molecule has 1 aromatic carbocycles. The summed E-state index contributed by atoms with van der Waals surface area (Å²) in [5, 5.41) is 0. The number of anilines is 1. The largest absolute Gasteiger partial charge is 0.493 e. The van der Waals surface area contributed by atoms with Gasteiger partial charge in [-0.3, -0.25) is 4.79 Å². The number of nitrogens with zero attached hydrogens (tertiary/aromatic N) is 1. The van der Waals surface area contributed by atoms with Crippen molar-refractivity contribution in [2.45, 2.75) is 19.4 Å². The summed E-state index contributed by atoms with van der Waals surface area (Å²) in [6.45, 7) is 2.81. The Bertz CT molecular complexity index is 409. The van der Waals surface area contributed by atoms with Crippen LogP contribution in [0.5, 0.6) is 5.75 Å². The summed E-state index contributed by atoms with van der Waals surface area (Å²) in [4.78, 5) is 13.6. The minimum atomic E-state index is 0.0356. The molecule has 2 N–H and O–H groups in total. The maximum absolute atomic E-state index is 11.9. The number of amides is 1. The normalized spacial score (nSPS) is 11.9. The Morgan fingerprint density at radius 3 is 2.84 bits per heavy atom. The quantitative estimate of drug-likeness (QED) is 0.760. The van der Waals surface area contributed by atoms with Crippen LogP contribution in [0.3, 0.4) is 0 Å². The van der Waals surface area contributed by atoms with Gasteiger partial charge in [-0.1, -0.05) is 6.07 Å². The molecule has 0 aromatic heterocycles. The zero-order valence-corrected chi connectivity index (χ0v) is 11.8. The van der Waals surface area contributed by atoms with E-state index in [0.717, 1.165) is 0 Å². The van der Waals surface area contributed by atoms with Crippen LogP contribution in [0.1, 0.15) is 13.3 Å². The smallest absolute Gasteiger partial charge is 0.226 e. The third kappa shape index (κ3) is 5.18. The predicted octanol–water partition coefficient (Wildman–Crippen LogP) is 1.53. The lowest BCUT2D eigenvalue weighted by Crippen LogP contribution is -2.38. The summed E-state index contributed by atoms with van der Waals surface area (Å²) < 4.78 is 10.5. The van der Waals surface area contributed by atoms with E-state index < -0.39 is 0 Å².